The van der Waals surface area contributed by atoms with Crippen LogP contribution in [-0.4, -0.2) is 10.5 Å². The van der Waals surface area contributed by atoms with Crippen LogP contribution in [0.4, 0.5) is 0 Å². The van der Waals surface area contributed by atoms with Gasteiger partial charge in [0, 0.05) is 22.7 Å². The molecule has 0 bridgehead atoms. The quantitative estimate of drug-likeness (QED) is 0.513. The van der Waals surface area contributed by atoms with E-state index < -0.39 is 0 Å². The van der Waals surface area contributed by atoms with Crippen LogP contribution in [0.15, 0.2) is 54.7 Å². The minimum absolute atomic E-state index is 0.354. The smallest absolute Gasteiger partial charge is 0.169 e. The molecular formula is C18H16ClNO. The van der Waals surface area contributed by atoms with Gasteiger partial charge in [-0.3, -0.25) is 0 Å². The number of para-hydroxylation sites is 1. The minimum atomic E-state index is -0.354. The molecule has 0 aliphatic heterocycles. The van der Waals surface area contributed by atoms with Crippen molar-refractivity contribution in [2.45, 2.75) is 12.5 Å². The van der Waals surface area contributed by atoms with E-state index in [1.54, 1.807) is 0 Å². The Labute approximate surface area is 129 Å². The number of ether oxygens (including phenoxy) is 1. The molecule has 3 aromatic rings. The highest BCUT2D eigenvalue weighted by molar-refractivity contribution is 6.19. The molecular weight excluding hydrogens is 282 g/mol. The lowest BCUT2D eigenvalue weighted by atomic mass is 10.1. The Kier molecular flexibility index (Phi) is 3.98. The van der Waals surface area contributed by atoms with Crippen molar-refractivity contribution in [2.24, 2.45) is 0 Å². The molecule has 21 heavy (non-hydrogen) atoms. The van der Waals surface area contributed by atoms with Crippen molar-refractivity contribution < 1.29 is 4.74 Å². The van der Waals surface area contributed by atoms with E-state index in [0.29, 0.717) is 0 Å². The van der Waals surface area contributed by atoms with Crippen molar-refractivity contribution in [1.29, 1.82) is 0 Å². The van der Waals surface area contributed by atoms with E-state index in [4.69, 9.17) is 16.3 Å². The van der Waals surface area contributed by atoms with Gasteiger partial charge in [0.05, 0.1) is 0 Å². The first-order valence-electron chi connectivity index (χ1n) is 6.88. The number of rotatable bonds is 4. The van der Waals surface area contributed by atoms with Crippen molar-refractivity contribution in [2.75, 3.05) is 0 Å². The zero-order valence-corrected chi connectivity index (χ0v) is 12.5. The van der Waals surface area contributed by atoms with E-state index in [0.717, 1.165) is 16.8 Å². The van der Waals surface area contributed by atoms with Gasteiger partial charge >= 0.3 is 0 Å². The number of hydrogen-bond acceptors (Lipinski definition) is 1. The Balaban J connectivity index is 1.94. The van der Waals surface area contributed by atoms with Crippen LogP contribution in [0.5, 0.6) is 5.75 Å². The van der Waals surface area contributed by atoms with Crippen molar-refractivity contribution >= 4 is 34.7 Å². The summed E-state index contributed by atoms with van der Waals surface area (Å²) in [6.45, 7) is 1.81. The van der Waals surface area contributed by atoms with E-state index >= 15 is 0 Å². The van der Waals surface area contributed by atoms with Crippen LogP contribution in [0.25, 0.3) is 23.1 Å². The minimum Gasteiger partial charge on any atom is -0.474 e. The average Bonchev–Trinajstić information content (AvgIpc) is 2.95. The summed E-state index contributed by atoms with van der Waals surface area (Å²) in [5.74, 6) is 0.789. The average molecular weight is 298 g/mol. The summed E-state index contributed by atoms with van der Waals surface area (Å²) < 4.78 is 5.61. The Morgan fingerprint density at radius 1 is 1.00 bits per heavy atom. The summed E-state index contributed by atoms with van der Waals surface area (Å²) in [4.78, 5) is 3.22. The molecule has 0 aliphatic carbocycles. The van der Waals surface area contributed by atoms with E-state index in [1.165, 1.54) is 10.9 Å². The zero-order valence-electron chi connectivity index (χ0n) is 11.7. The molecule has 3 rings (SSSR count). The summed E-state index contributed by atoms with van der Waals surface area (Å²) in [5.41, 5.74) is 2.96. The number of hydrogen-bond donors (Lipinski definition) is 1. The van der Waals surface area contributed by atoms with Gasteiger partial charge in [-0.1, -0.05) is 54.1 Å². The van der Waals surface area contributed by atoms with E-state index in [9.17, 15) is 0 Å². The summed E-state index contributed by atoms with van der Waals surface area (Å²) >= 11 is 5.91. The van der Waals surface area contributed by atoms with Crippen LogP contribution < -0.4 is 4.74 Å². The molecule has 0 radical (unpaired) electrons. The van der Waals surface area contributed by atoms with Gasteiger partial charge < -0.3 is 9.72 Å². The number of fused-ring (bicyclic) bond motifs is 1. The molecule has 0 amide bonds. The fraction of sp³-hybridized carbons (Fsp3) is 0.111. The third kappa shape index (κ3) is 3.11. The highest BCUT2D eigenvalue weighted by Gasteiger charge is 2.03. The molecule has 0 fully saturated rings. The molecule has 1 atom stereocenters. The van der Waals surface area contributed by atoms with Crippen molar-refractivity contribution in [1.82, 2.24) is 4.98 Å². The Morgan fingerprint density at radius 2 is 1.76 bits per heavy atom. The number of nitrogens with one attached hydrogen (secondary N) is 1. The first-order valence-corrected chi connectivity index (χ1v) is 7.31. The molecule has 2 aromatic carbocycles. The maximum atomic E-state index is 5.91. The molecule has 1 heterocycles. The predicted molar refractivity (Wildman–Crippen MR) is 89.6 cm³/mol. The third-order valence-corrected chi connectivity index (χ3v) is 3.37. The second-order valence-electron chi connectivity index (χ2n) is 4.82. The van der Waals surface area contributed by atoms with Gasteiger partial charge in [-0.15, -0.1) is 0 Å². The Hall–Kier alpha value is -2.19. The van der Waals surface area contributed by atoms with Gasteiger partial charge in [0.15, 0.2) is 5.56 Å². The molecule has 1 aromatic heterocycles. The SMILES string of the molecule is CC(Cl)Oc1ccccc1C=Cc1cccc2[nH]ccc12. The number of alkyl halides is 1. The molecule has 1 unspecified atom stereocenters. The molecule has 3 heteroatoms. The largest absolute Gasteiger partial charge is 0.474 e. The lowest BCUT2D eigenvalue weighted by Crippen LogP contribution is -2.03. The normalized spacial score (nSPS) is 12.9. The monoisotopic (exact) mass is 297 g/mol. The first kappa shape index (κ1) is 13.8. The number of aromatic amines is 1. The zero-order chi connectivity index (χ0) is 14.7. The fourth-order valence-electron chi connectivity index (χ4n) is 2.34. The molecule has 0 saturated carbocycles. The molecule has 0 saturated heterocycles. The van der Waals surface area contributed by atoms with Crippen molar-refractivity contribution in [3.05, 3.63) is 65.9 Å². The lowest BCUT2D eigenvalue weighted by molar-refractivity contribution is 0.300. The predicted octanol–water partition coefficient (Wildman–Crippen LogP) is 5.30. The van der Waals surface area contributed by atoms with Gasteiger partial charge in [0.1, 0.15) is 5.75 Å². The molecule has 0 aliphatic rings. The summed E-state index contributed by atoms with van der Waals surface area (Å²) in [6, 6.07) is 16.2. The highest BCUT2D eigenvalue weighted by Crippen LogP contribution is 2.24. The topological polar surface area (TPSA) is 25.0 Å². The fourth-order valence-corrected chi connectivity index (χ4v) is 2.43. The van der Waals surface area contributed by atoms with E-state index in [2.05, 4.69) is 35.3 Å². The first-order chi connectivity index (χ1) is 10.2. The highest BCUT2D eigenvalue weighted by atomic mass is 35.5. The third-order valence-electron chi connectivity index (χ3n) is 3.28. The summed E-state index contributed by atoms with van der Waals surface area (Å²) in [7, 11) is 0. The van der Waals surface area contributed by atoms with Crippen LogP contribution in [0.2, 0.25) is 0 Å². The summed E-state index contributed by atoms with van der Waals surface area (Å²) in [5, 5.41) is 1.21. The molecule has 1 N–H and O–H groups in total. The second-order valence-corrected chi connectivity index (χ2v) is 5.43. The number of H-pyrrole nitrogens is 1. The van der Waals surface area contributed by atoms with E-state index in [1.807, 2.05) is 43.5 Å². The van der Waals surface area contributed by atoms with Gasteiger partial charge in [0.25, 0.3) is 0 Å². The Morgan fingerprint density at radius 3 is 2.62 bits per heavy atom. The van der Waals surface area contributed by atoms with Crippen molar-refractivity contribution in [3.8, 4) is 5.75 Å². The van der Waals surface area contributed by atoms with Crippen molar-refractivity contribution in [3.63, 3.8) is 0 Å². The van der Waals surface area contributed by atoms with Crippen LogP contribution in [0.3, 0.4) is 0 Å². The van der Waals surface area contributed by atoms with E-state index in [-0.39, 0.29) is 5.56 Å². The molecule has 0 spiro atoms. The van der Waals surface area contributed by atoms with Gasteiger partial charge in [0.2, 0.25) is 0 Å². The number of aromatic nitrogens is 1. The molecule has 106 valence electrons. The van der Waals surface area contributed by atoms with Gasteiger partial charge in [-0.25, -0.2) is 0 Å². The van der Waals surface area contributed by atoms with Gasteiger partial charge in [-0.05, 0) is 30.7 Å². The van der Waals surface area contributed by atoms with Crippen LogP contribution >= 0.6 is 11.6 Å². The Bertz CT molecular complexity index is 773. The standard InChI is InChI=1S/C18H16ClNO/c1-13(19)21-18-8-3-2-5-15(18)10-9-14-6-4-7-17-16(14)11-12-20-17/h2-13,20H,1H3. The van der Waals surface area contributed by atoms with Crippen LogP contribution in [0, 0.1) is 0 Å². The lowest BCUT2D eigenvalue weighted by Gasteiger charge is -2.10. The maximum Gasteiger partial charge on any atom is 0.169 e. The van der Waals surface area contributed by atoms with Crippen LogP contribution in [-0.2, 0) is 0 Å². The van der Waals surface area contributed by atoms with Crippen LogP contribution in [0.1, 0.15) is 18.1 Å². The maximum absolute atomic E-state index is 5.91. The molecule has 2 nitrogen and oxygen atoms in total. The summed E-state index contributed by atoms with van der Waals surface area (Å²) in [6.07, 6.45) is 6.10. The number of benzene rings is 2. The second kappa shape index (κ2) is 6.06. The van der Waals surface area contributed by atoms with Gasteiger partial charge in [-0.2, -0.15) is 0 Å². The number of halogens is 1.